The molecule has 0 atom stereocenters. The summed E-state index contributed by atoms with van der Waals surface area (Å²) in [5.41, 5.74) is 6.31. The van der Waals surface area contributed by atoms with Gasteiger partial charge < -0.3 is 20.1 Å². The summed E-state index contributed by atoms with van der Waals surface area (Å²) in [5.74, 6) is 1.07. The normalized spacial score (nSPS) is 12.2. The van der Waals surface area contributed by atoms with Crippen molar-refractivity contribution in [2.45, 2.75) is 32.1 Å². The Balaban J connectivity index is 0.00000353. The molecular formula is C29H29ClN4O5. The first-order valence-corrected chi connectivity index (χ1v) is 12.4. The highest BCUT2D eigenvalue weighted by Gasteiger charge is 2.20. The molecule has 39 heavy (non-hydrogen) atoms. The van der Waals surface area contributed by atoms with E-state index in [4.69, 9.17) is 14.5 Å². The number of amides is 1. The van der Waals surface area contributed by atoms with Crippen molar-refractivity contribution in [2.75, 3.05) is 24.9 Å². The van der Waals surface area contributed by atoms with Crippen LogP contribution in [-0.2, 0) is 24.1 Å². The number of hydrogen-bond acceptors (Lipinski definition) is 7. The third-order valence-electron chi connectivity index (χ3n) is 6.71. The number of halogens is 1. The molecule has 3 aromatic carbocycles. The average molecular weight is 549 g/mol. The van der Waals surface area contributed by atoms with Gasteiger partial charge in [-0.25, -0.2) is 0 Å². The van der Waals surface area contributed by atoms with Crippen LogP contribution in [0.5, 0.6) is 11.5 Å². The minimum atomic E-state index is -0.459. The SMILES string of the molecule is COc1ccc(Nc2c3c(nc4ccc(NC(=O)Cc5ccc([N+](=O)[O-])cc5)cc24)CCCC3)cc1OC.Cl. The Kier molecular flexibility index (Phi) is 8.51. The monoisotopic (exact) mass is 548 g/mol. The first-order chi connectivity index (χ1) is 18.4. The van der Waals surface area contributed by atoms with Gasteiger partial charge in [-0.3, -0.25) is 19.9 Å². The molecule has 1 aromatic heterocycles. The smallest absolute Gasteiger partial charge is 0.269 e. The van der Waals surface area contributed by atoms with Gasteiger partial charge in [0.15, 0.2) is 11.5 Å². The van der Waals surface area contributed by atoms with Crippen LogP contribution in [0.4, 0.5) is 22.7 Å². The van der Waals surface area contributed by atoms with Gasteiger partial charge in [0.25, 0.3) is 5.69 Å². The van der Waals surface area contributed by atoms with Crippen molar-refractivity contribution in [3.05, 3.63) is 87.6 Å². The molecule has 202 valence electrons. The van der Waals surface area contributed by atoms with E-state index in [2.05, 4.69) is 10.6 Å². The van der Waals surface area contributed by atoms with Gasteiger partial charge in [-0.1, -0.05) is 12.1 Å². The zero-order valence-corrected chi connectivity index (χ0v) is 22.5. The molecule has 1 aliphatic rings. The first-order valence-electron chi connectivity index (χ1n) is 12.4. The summed E-state index contributed by atoms with van der Waals surface area (Å²) < 4.78 is 10.9. The summed E-state index contributed by atoms with van der Waals surface area (Å²) in [7, 11) is 3.21. The van der Waals surface area contributed by atoms with Crippen LogP contribution in [0.25, 0.3) is 10.9 Å². The Hall–Kier alpha value is -4.37. The lowest BCUT2D eigenvalue weighted by Crippen LogP contribution is -2.14. The molecule has 1 heterocycles. The number of fused-ring (bicyclic) bond motifs is 2. The molecule has 0 spiro atoms. The number of benzene rings is 3. The second-order valence-corrected chi connectivity index (χ2v) is 9.19. The van der Waals surface area contributed by atoms with E-state index in [0.717, 1.165) is 53.7 Å². The maximum atomic E-state index is 12.8. The molecule has 0 radical (unpaired) electrons. The summed E-state index contributed by atoms with van der Waals surface area (Å²) in [5, 5.41) is 18.3. The van der Waals surface area contributed by atoms with E-state index < -0.39 is 4.92 Å². The maximum absolute atomic E-state index is 12.8. The Morgan fingerprint density at radius 1 is 0.949 bits per heavy atom. The predicted molar refractivity (Wildman–Crippen MR) is 154 cm³/mol. The molecule has 0 saturated heterocycles. The molecule has 0 saturated carbocycles. The lowest BCUT2D eigenvalue weighted by Gasteiger charge is -2.22. The standard InChI is InChI=1S/C29H28N4O5.ClH/c1-37-26-14-10-20(17-27(26)38-2)31-29-22-5-3-4-6-24(22)32-25-13-9-19(16-23(25)29)30-28(34)15-18-7-11-21(12-8-18)33(35)36;/h7-14,16-17H,3-6,15H2,1-2H3,(H,30,34)(H,31,32);1H. The Morgan fingerprint density at radius 2 is 1.67 bits per heavy atom. The second kappa shape index (κ2) is 12.0. The summed E-state index contributed by atoms with van der Waals surface area (Å²) in [4.78, 5) is 28.1. The van der Waals surface area contributed by atoms with Crippen LogP contribution in [0.2, 0.25) is 0 Å². The largest absolute Gasteiger partial charge is 0.493 e. The molecule has 1 aliphatic carbocycles. The van der Waals surface area contributed by atoms with E-state index in [1.54, 1.807) is 26.4 Å². The van der Waals surface area contributed by atoms with Crippen LogP contribution >= 0.6 is 12.4 Å². The van der Waals surface area contributed by atoms with Gasteiger partial charge >= 0.3 is 0 Å². The molecule has 5 rings (SSSR count). The third kappa shape index (κ3) is 6.04. The number of rotatable bonds is 8. The quantitative estimate of drug-likeness (QED) is 0.194. The summed E-state index contributed by atoms with van der Waals surface area (Å²) in [6.07, 6.45) is 4.16. The third-order valence-corrected chi connectivity index (χ3v) is 6.71. The highest BCUT2D eigenvalue weighted by atomic mass is 35.5. The van der Waals surface area contributed by atoms with Crippen LogP contribution < -0.4 is 20.1 Å². The zero-order chi connectivity index (χ0) is 26.6. The van der Waals surface area contributed by atoms with Crippen LogP contribution in [0.15, 0.2) is 60.7 Å². The molecular weight excluding hydrogens is 520 g/mol. The summed E-state index contributed by atoms with van der Waals surface area (Å²) >= 11 is 0. The van der Waals surface area contributed by atoms with Crippen molar-refractivity contribution < 1.29 is 19.2 Å². The van der Waals surface area contributed by atoms with Gasteiger partial charge in [-0.15, -0.1) is 12.4 Å². The average Bonchev–Trinajstić information content (AvgIpc) is 2.93. The van der Waals surface area contributed by atoms with Gasteiger partial charge in [-0.05, 0) is 67.1 Å². The fraction of sp³-hybridized carbons (Fsp3) is 0.241. The van der Waals surface area contributed by atoms with Crippen LogP contribution in [0, 0.1) is 10.1 Å². The van der Waals surface area contributed by atoms with Crippen molar-refractivity contribution in [1.29, 1.82) is 0 Å². The van der Waals surface area contributed by atoms with Crippen molar-refractivity contribution in [1.82, 2.24) is 4.98 Å². The van der Waals surface area contributed by atoms with Crippen molar-refractivity contribution >= 4 is 52.0 Å². The number of pyridine rings is 1. The molecule has 1 amide bonds. The second-order valence-electron chi connectivity index (χ2n) is 9.19. The number of nitrogens with zero attached hydrogens (tertiary/aromatic N) is 2. The van der Waals surface area contributed by atoms with Gasteiger partial charge in [0.05, 0.1) is 36.8 Å². The van der Waals surface area contributed by atoms with E-state index >= 15 is 0 Å². The van der Waals surface area contributed by atoms with Crippen LogP contribution in [-0.4, -0.2) is 30.0 Å². The number of hydrogen-bond donors (Lipinski definition) is 2. The highest BCUT2D eigenvalue weighted by Crippen LogP contribution is 2.38. The minimum Gasteiger partial charge on any atom is -0.493 e. The molecule has 10 heteroatoms. The number of nitro groups is 1. The van der Waals surface area contributed by atoms with Gasteiger partial charge in [0, 0.05) is 40.7 Å². The first kappa shape index (κ1) is 27.7. The fourth-order valence-corrected chi connectivity index (χ4v) is 4.83. The maximum Gasteiger partial charge on any atom is 0.269 e. The number of nitrogens with one attached hydrogen (secondary N) is 2. The molecule has 2 N–H and O–H groups in total. The molecule has 9 nitrogen and oxygen atoms in total. The van der Waals surface area contributed by atoms with Gasteiger partial charge in [0.1, 0.15) is 0 Å². The van der Waals surface area contributed by atoms with Crippen molar-refractivity contribution in [2.24, 2.45) is 0 Å². The Bertz CT molecular complexity index is 1520. The molecule has 0 fully saturated rings. The van der Waals surface area contributed by atoms with Gasteiger partial charge in [-0.2, -0.15) is 0 Å². The predicted octanol–water partition coefficient (Wildman–Crippen LogP) is 6.39. The number of aromatic nitrogens is 1. The van der Waals surface area contributed by atoms with E-state index in [0.29, 0.717) is 22.7 Å². The number of anilines is 3. The van der Waals surface area contributed by atoms with Crippen molar-refractivity contribution in [3.8, 4) is 11.5 Å². The van der Waals surface area contributed by atoms with E-state index in [9.17, 15) is 14.9 Å². The number of nitro benzene ring substituents is 1. The Morgan fingerprint density at radius 3 is 2.38 bits per heavy atom. The number of non-ortho nitro benzene ring substituents is 1. The number of methoxy groups -OCH3 is 2. The topological polar surface area (TPSA) is 116 Å². The molecule has 0 unspecified atom stereocenters. The molecule has 4 aromatic rings. The number of carbonyl (C=O) groups is 1. The van der Waals surface area contributed by atoms with Gasteiger partial charge in [0.2, 0.25) is 5.91 Å². The van der Waals surface area contributed by atoms with Crippen LogP contribution in [0.3, 0.4) is 0 Å². The van der Waals surface area contributed by atoms with E-state index in [-0.39, 0.29) is 30.4 Å². The fourth-order valence-electron chi connectivity index (χ4n) is 4.83. The van der Waals surface area contributed by atoms with E-state index in [1.165, 1.54) is 17.7 Å². The lowest BCUT2D eigenvalue weighted by atomic mass is 9.92. The molecule has 0 aliphatic heterocycles. The van der Waals surface area contributed by atoms with E-state index in [1.807, 2.05) is 36.4 Å². The number of ether oxygens (including phenoxy) is 2. The molecule has 0 bridgehead atoms. The number of aryl methyl sites for hydroxylation is 1. The number of carbonyl (C=O) groups excluding carboxylic acids is 1. The van der Waals surface area contributed by atoms with Crippen molar-refractivity contribution in [3.63, 3.8) is 0 Å². The lowest BCUT2D eigenvalue weighted by molar-refractivity contribution is -0.384. The Labute approximate surface area is 232 Å². The zero-order valence-electron chi connectivity index (χ0n) is 21.7. The highest BCUT2D eigenvalue weighted by molar-refractivity contribution is 6.00. The summed E-state index contributed by atoms with van der Waals surface area (Å²) in [6, 6.07) is 17.4. The van der Waals surface area contributed by atoms with Crippen LogP contribution in [0.1, 0.15) is 29.7 Å². The minimum absolute atomic E-state index is 0. The summed E-state index contributed by atoms with van der Waals surface area (Å²) in [6.45, 7) is 0.